The summed E-state index contributed by atoms with van der Waals surface area (Å²) in [5.74, 6) is 0.622. The van der Waals surface area contributed by atoms with Crippen molar-refractivity contribution in [3.63, 3.8) is 0 Å². The molecule has 0 saturated carbocycles. The molecule has 0 bridgehead atoms. The fourth-order valence-corrected chi connectivity index (χ4v) is 2.70. The Balaban J connectivity index is 1.51. The summed E-state index contributed by atoms with van der Waals surface area (Å²) in [7, 11) is 0. The van der Waals surface area contributed by atoms with E-state index in [9.17, 15) is 20.4 Å². The molecule has 0 aliphatic carbocycles. The van der Waals surface area contributed by atoms with Crippen molar-refractivity contribution in [1.82, 2.24) is 19.9 Å². The molecule has 5 atom stereocenters. The maximum atomic E-state index is 9.94. The van der Waals surface area contributed by atoms with Crippen molar-refractivity contribution in [1.29, 1.82) is 0 Å². The summed E-state index contributed by atoms with van der Waals surface area (Å²) < 4.78 is 10.8. The predicted octanol–water partition coefficient (Wildman–Crippen LogP) is -1.47. The topological polar surface area (TPSA) is 166 Å². The van der Waals surface area contributed by atoms with Gasteiger partial charge in [-0.15, -0.1) is 0 Å². The number of aromatic nitrogens is 4. The highest BCUT2D eigenvalue weighted by Crippen LogP contribution is 2.22. The van der Waals surface area contributed by atoms with Crippen LogP contribution in [0, 0.1) is 0 Å². The van der Waals surface area contributed by atoms with Gasteiger partial charge in [0.2, 0.25) is 0 Å². The first-order chi connectivity index (χ1) is 13.0. The highest BCUT2D eigenvalue weighted by Gasteiger charge is 2.43. The van der Waals surface area contributed by atoms with E-state index in [1.54, 1.807) is 6.33 Å². The first-order valence-electron chi connectivity index (χ1n) is 8.47. The van der Waals surface area contributed by atoms with Gasteiger partial charge in [0, 0.05) is 6.54 Å². The highest BCUT2D eigenvalue weighted by atomic mass is 16.7. The van der Waals surface area contributed by atoms with Crippen molar-refractivity contribution in [2.45, 2.75) is 37.6 Å². The summed E-state index contributed by atoms with van der Waals surface area (Å²) >= 11 is 0. The number of hydrogen-bond donors (Lipinski definition) is 6. The highest BCUT2D eigenvalue weighted by molar-refractivity contribution is 5.81. The minimum Gasteiger partial charge on any atom is -0.394 e. The van der Waals surface area contributed by atoms with E-state index < -0.39 is 37.3 Å². The number of nitrogens with one attached hydrogen (secondary N) is 2. The first-order valence-corrected chi connectivity index (χ1v) is 8.47. The Morgan fingerprint density at radius 2 is 2.07 bits per heavy atom. The van der Waals surface area contributed by atoms with E-state index in [1.165, 1.54) is 6.33 Å². The Hall–Kier alpha value is -2.15. The van der Waals surface area contributed by atoms with Crippen LogP contribution in [0.2, 0.25) is 0 Å². The van der Waals surface area contributed by atoms with E-state index in [-0.39, 0.29) is 6.61 Å². The lowest BCUT2D eigenvalue weighted by molar-refractivity contribution is -0.299. The standard InChI is InChI=1S/C16H23N5O6/c1-8(2-3-17-14-10-15(19-6-18-10)21-7-20-14)5-26-16-13(25)12(24)11(23)9(4-22)27-16/h2,6-7,9,11-13,16,22-25H,3-5H2,1H3,(H2,17,18,19,20,21)/b8-2-/t9-,11-,12+,13-,16-/m1/s1. The van der Waals surface area contributed by atoms with Gasteiger partial charge in [-0.25, -0.2) is 15.0 Å². The van der Waals surface area contributed by atoms with Gasteiger partial charge in [-0.05, 0) is 12.5 Å². The average Bonchev–Trinajstić information content (AvgIpc) is 3.15. The van der Waals surface area contributed by atoms with Crippen LogP contribution >= 0.6 is 0 Å². The van der Waals surface area contributed by atoms with Gasteiger partial charge in [-0.2, -0.15) is 0 Å². The number of nitrogens with zero attached hydrogens (tertiary/aromatic N) is 3. The van der Waals surface area contributed by atoms with Crippen LogP contribution in [0.5, 0.6) is 0 Å². The Morgan fingerprint density at radius 3 is 2.85 bits per heavy atom. The van der Waals surface area contributed by atoms with Crippen LogP contribution in [0.4, 0.5) is 5.82 Å². The third-order valence-electron chi connectivity index (χ3n) is 4.27. The fraction of sp³-hybridized carbons (Fsp3) is 0.562. The Morgan fingerprint density at radius 1 is 1.26 bits per heavy atom. The van der Waals surface area contributed by atoms with E-state index >= 15 is 0 Å². The second-order valence-corrected chi connectivity index (χ2v) is 6.26. The quantitative estimate of drug-likeness (QED) is 0.312. The van der Waals surface area contributed by atoms with Gasteiger partial charge >= 0.3 is 0 Å². The van der Waals surface area contributed by atoms with E-state index in [4.69, 9.17) is 9.47 Å². The van der Waals surface area contributed by atoms with Crippen LogP contribution in [0.1, 0.15) is 6.92 Å². The number of H-pyrrole nitrogens is 1. The zero-order chi connectivity index (χ0) is 19.4. The summed E-state index contributed by atoms with van der Waals surface area (Å²) in [6.07, 6.45) is -1.58. The maximum absolute atomic E-state index is 9.94. The lowest BCUT2D eigenvalue weighted by atomic mass is 9.99. The van der Waals surface area contributed by atoms with Crippen LogP contribution in [0.3, 0.4) is 0 Å². The van der Waals surface area contributed by atoms with Crippen molar-refractivity contribution in [2.75, 3.05) is 25.1 Å². The molecular formula is C16H23N5O6. The SMILES string of the molecule is C/C(=C/CNc1ncnc2nc[nH]c12)CO[C@@H]1O[C@H](CO)[C@@H](O)[C@H](O)[C@H]1O. The minimum atomic E-state index is -1.46. The second-order valence-electron chi connectivity index (χ2n) is 6.26. The number of hydrogen-bond acceptors (Lipinski definition) is 10. The Kier molecular flexibility index (Phi) is 6.31. The molecule has 0 spiro atoms. The first kappa shape index (κ1) is 19.6. The number of imidazole rings is 1. The Bertz CT molecular complexity index is 782. The van der Waals surface area contributed by atoms with E-state index in [1.807, 2.05) is 13.0 Å². The zero-order valence-electron chi connectivity index (χ0n) is 14.7. The van der Waals surface area contributed by atoms with Crippen LogP contribution in [0.25, 0.3) is 11.2 Å². The van der Waals surface area contributed by atoms with Crippen molar-refractivity contribution >= 4 is 17.0 Å². The molecule has 1 aliphatic rings. The summed E-state index contributed by atoms with van der Waals surface area (Å²) in [5.41, 5.74) is 2.12. The third-order valence-corrected chi connectivity index (χ3v) is 4.27. The molecule has 1 aliphatic heterocycles. The molecule has 0 aromatic carbocycles. The molecule has 11 heteroatoms. The molecule has 0 unspecified atom stereocenters. The van der Waals surface area contributed by atoms with Crippen LogP contribution in [0.15, 0.2) is 24.3 Å². The molecule has 1 fully saturated rings. The van der Waals surface area contributed by atoms with E-state index in [0.717, 1.165) is 5.57 Å². The number of fused-ring (bicyclic) bond motifs is 1. The Labute approximate surface area is 154 Å². The third kappa shape index (κ3) is 4.40. The van der Waals surface area contributed by atoms with Crippen molar-refractivity contribution in [2.24, 2.45) is 0 Å². The molecule has 11 nitrogen and oxygen atoms in total. The summed E-state index contributed by atoms with van der Waals surface area (Å²) in [6, 6.07) is 0. The number of rotatable bonds is 7. The number of aromatic amines is 1. The van der Waals surface area contributed by atoms with Gasteiger partial charge in [0.15, 0.2) is 17.8 Å². The predicted molar refractivity (Wildman–Crippen MR) is 93.6 cm³/mol. The molecule has 0 radical (unpaired) electrons. The maximum Gasteiger partial charge on any atom is 0.187 e. The number of aliphatic hydroxyl groups excluding tert-OH is 4. The molecular weight excluding hydrogens is 358 g/mol. The monoisotopic (exact) mass is 381 g/mol. The van der Waals surface area contributed by atoms with Crippen molar-refractivity contribution < 1.29 is 29.9 Å². The minimum absolute atomic E-state index is 0.133. The molecule has 2 aromatic rings. The molecule has 3 heterocycles. The number of aliphatic hydroxyl groups is 4. The van der Waals surface area contributed by atoms with Gasteiger partial charge in [-0.3, -0.25) is 0 Å². The van der Waals surface area contributed by atoms with Crippen LogP contribution in [-0.2, 0) is 9.47 Å². The summed E-state index contributed by atoms with van der Waals surface area (Å²) in [4.78, 5) is 15.2. The van der Waals surface area contributed by atoms with E-state index in [2.05, 4.69) is 25.3 Å². The molecule has 1 saturated heterocycles. The molecule has 0 amide bonds. The smallest absolute Gasteiger partial charge is 0.187 e. The van der Waals surface area contributed by atoms with E-state index in [0.29, 0.717) is 23.5 Å². The van der Waals surface area contributed by atoms with Gasteiger partial charge in [0.25, 0.3) is 0 Å². The van der Waals surface area contributed by atoms with Crippen molar-refractivity contribution in [3.8, 4) is 0 Å². The normalized spacial score (nSPS) is 29.2. The summed E-state index contributed by atoms with van der Waals surface area (Å²) in [5, 5.41) is 41.8. The number of anilines is 1. The van der Waals surface area contributed by atoms with Gasteiger partial charge in [0.05, 0.1) is 19.5 Å². The lowest BCUT2D eigenvalue weighted by Gasteiger charge is -2.39. The molecule has 2 aromatic heterocycles. The zero-order valence-corrected chi connectivity index (χ0v) is 14.7. The second kappa shape index (κ2) is 8.69. The van der Waals surface area contributed by atoms with Gasteiger partial charge < -0.3 is 40.2 Å². The van der Waals surface area contributed by atoms with Gasteiger partial charge in [0.1, 0.15) is 36.3 Å². The average molecular weight is 381 g/mol. The largest absolute Gasteiger partial charge is 0.394 e. The van der Waals surface area contributed by atoms with Crippen LogP contribution in [-0.4, -0.2) is 90.8 Å². The lowest BCUT2D eigenvalue weighted by Crippen LogP contribution is -2.59. The van der Waals surface area contributed by atoms with Crippen molar-refractivity contribution in [3.05, 3.63) is 24.3 Å². The molecule has 148 valence electrons. The molecule has 3 rings (SSSR count). The summed E-state index contributed by atoms with van der Waals surface area (Å²) in [6.45, 7) is 1.94. The molecule has 27 heavy (non-hydrogen) atoms. The fourth-order valence-electron chi connectivity index (χ4n) is 2.70. The van der Waals surface area contributed by atoms with Crippen LogP contribution < -0.4 is 5.32 Å². The molecule has 6 N–H and O–H groups in total. The number of ether oxygens (including phenoxy) is 2. The van der Waals surface area contributed by atoms with Gasteiger partial charge in [-0.1, -0.05) is 6.08 Å².